The Hall–Kier alpha value is -2.37. The zero-order chi connectivity index (χ0) is 13.7. The molecule has 1 fully saturated rings. The largest absolute Gasteiger partial charge is 0.506 e. The normalized spacial score (nSPS) is 14.8. The number of carbonyl (C=O) groups is 1. The molecule has 0 saturated heterocycles. The van der Waals surface area contributed by atoms with Crippen molar-refractivity contribution in [3.05, 3.63) is 39.9 Å². The van der Waals surface area contributed by atoms with Gasteiger partial charge >= 0.3 is 5.97 Å². The van der Waals surface area contributed by atoms with Gasteiger partial charge in [-0.25, -0.2) is 9.18 Å². The minimum absolute atomic E-state index is 0.00824. The number of phenolic OH excluding ortho intramolecular Hbond substituents is 1. The second kappa shape index (κ2) is 3.81. The number of carboxylic acid groups (broad SMARTS) is 1. The minimum Gasteiger partial charge on any atom is -0.506 e. The molecule has 1 heterocycles. The van der Waals surface area contributed by atoms with Gasteiger partial charge in [-0.2, -0.15) is 0 Å². The van der Waals surface area contributed by atoms with Crippen LogP contribution in [-0.4, -0.2) is 20.7 Å². The van der Waals surface area contributed by atoms with E-state index in [1.165, 1.54) is 10.8 Å². The lowest BCUT2D eigenvalue weighted by atomic mass is 10.1. The molecule has 98 valence electrons. The van der Waals surface area contributed by atoms with Crippen LogP contribution in [0.4, 0.5) is 4.39 Å². The van der Waals surface area contributed by atoms with Crippen molar-refractivity contribution in [1.29, 1.82) is 0 Å². The number of phenols is 1. The number of hydrogen-bond acceptors (Lipinski definition) is 3. The molecule has 0 radical (unpaired) electrons. The molecule has 0 aliphatic heterocycles. The number of carboxylic acids is 1. The van der Waals surface area contributed by atoms with Gasteiger partial charge in [0.05, 0.1) is 10.9 Å². The molecule has 1 saturated carbocycles. The monoisotopic (exact) mass is 263 g/mol. The topological polar surface area (TPSA) is 79.5 Å². The maximum Gasteiger partial charge on any atom is 0.341 e. The molecule has 19 heavy (non-hydrogen) atoms. The standard InChI is InChI=1S/C13H10FNO4/c14-8-3-4-9(16)11-10(8)12(17)7(13(18)19)5-15(11)6-1-2-6/h3-6,16H,1-2H2,(H,18,19). The summed E-state index contributed by atoms with van der Waals surface area (Å²) >= 11 is 0. The Morgan fingerprint density at radius 1 is 1.37 bits per heavy atom. The Kier molecular flexibility index (Phi) is 2.35. The van der Waals surface area contributed by atoms with Crippen molar-refractivity contribution in [2.75, 3.05) is 0 Å². The number of aromatic carboxylic acids is 1. The SMILES string of the molecule is O=C(O)c1cn(C2CC2)c2c(O)ccc(F)c2c1=O. The third-order valence-corrected chi connectivity index (χ3v) is 3.27. The van der Waals surface area contributed by atoms with Crippen LogP contribution in [0.3, 0.4) is 0 Å². The van der Waals surface area contributed by atoms with Gasteiger partial charge in [-0.15, -0.1) is 0 Å². The number of pyridine rings is 1. The summed E-state index contributed by atoms with van der Waals surface area (Å²) in [6.45, 7) is 0. The molecule has 1 aromatic heterocycles. The van der Waals surface area contributed by atoms with E-state index in [2.05, 4.69) is 0 Å². The van der Waals surface area contributed by atoms with Gasteiger partial charge in [0.15, 0.2) is 0 Å². The van der Waals surface area contributed by atoms with Gasteiger partial charge in [-0.05, 0) is 25.0 Å². The van der Waals surface area contributed by atoms with Crippen molar-refractivity contribution in [2.24, 2.45) is 0 Å². The number of nitrogens with zero attached hydrogens (tertiary/aromatic N) is 1. The van der Waals surface area contributed by atoms with E-state index >= 15 is 0 Å². The van der Waals surface area contributed by atoms with E-state index in [-0.39, 0.29) is 22.7 Å². The first-order valence-corrected chi connectivity index (χ1v) is 5.80. The highest BCUT2D eigenvalue weighted by Crippen LogP contribution is 2.39. The predicted octanol–water partition coefficient (Wildman–Crippen LogP) is 1.88. The molecule has 5 nitrogen and oxygen atoms in total. The van der Waals surface area contributed by atoms with Crippen LogP contribution in [-0.2, 0) is 0 Å². The highest BCUT2D eigenvalue weighted by Gasteiger charge is 2.28. The number of aromatic hydroxyl groups is 1. The maximum absolute atomic E-state index is 13.8. The first kappa shape index (κ1) is 11.7. The predicted molar refractivity (Wildman–Crippen MR) is 65.1 cm³/mol. The first-order chi connectivity index (χ1) is 9.00. The molecule has 0 amide bonds. The molecule has 2 N–H and O–H groups in total. The van der Waals surface area contributed by atoms with Crippen LogP contribution in [0.25, 0.3) is 10.9 Å². The zero-order valence-corrected chi connectivity index (χ0v) is 9.76. The van der Waals surface area contributed by atoms with Crippen molar-refractivity contribution in [3.63, 3.8) is 0 Å². The molecule has 0 spiro atoms. The van der Waals surface area contributed by atoms with Crippen LogP contribution in [0.5, 0.6) is 5.75 Å². The molecule has 1 aliphatic rings. The Bertz CT molecular complexity index is 761. The number of benzene rings is 1. The smallest absolute Gasteiger partial charge is 0.341 e. The van der Waals surface area contributed by atoms with Gasteiger partial charge in [0.1, 0.15) is 17.1 Å². The minimum atomic E-state index is -1.40. The van der Waals surface area contributed by atoms with E-state index in [1.54, 1.807) is 0 Å². The second-order valence-corrected chi connectivity index (χ2v) is 4.61. The van der Waals surface area contributed by atoms with Crippen LogP contribution in [0.2, 0.25) is 0 Å². The van der Waals surface area contributed by atoms with Gasteiger partial charge in [0, 0.05) is 12.2 Å². The molecular weight excluding hydrogens is 253 g/mol. The van der Waals surface area contributed by atoms with Crippen LogP contribution < -0.4 is 5.43 Å². The number of rotatable bonds is 2. The van der Waals surface area contributed by atoms with Crippen LogP contribution in [0, 0.1) is 5.82 Å². The molecule has 1 aliphatic carbocycles. The Morgan fingerprint density at radius 3 is 2.63 bits per heavy atom. The van der Waals surface area contributed by atoms with Gasteiger partial charge in [-0.3, -0.25) is 4.79 Å². The molecular formula is C13H10FNO4. The van der Waals surface area contributed by atoms with Gasteiger partial charge in [0.25, 0.3) is 0 Å². The van der Waals surface area contributed by atoms with Crippen molar-refractivity contribution < 1.29 is 19.4 Å². The van der Waals surface area contributed by atoms with Gasteiger partial charge in [0.2, 0.25) is 5.43 Å². The second-order valence-electron chi connectivity index (χ2n) is 4.61. The lowest BCUT2D eigenvalue weighted by Crippen LogP contribution is -2.19. The summed E-state index contributed by atoms with van der Waals surface area (Å²) in [4.78, 5) is 23.1. The lowest BCUT2D eigenvalue weighted by molar-refractivity contribution is 0.0695. The summed E-state index contributed by atoms with van der Waals surface area (Å²) in [5, 5.41) is 18.5. The summed E-state index contributed by atoms with van der Waals surface area (Å²) in [7, 11) is 0. The van der Waals surface area contributed by atoms with E-state index in [4.69, 9.17) is 5.11 Å². The number of aromatic nitrogens is 1. The van der Waals surface area contributed by atoms with E-state index < -0.39 is 22.8 Å². The quantitative estimate of drug-likeness (QED) is 0.867. The number of fused-ring (bicyclic) bond motifs is 1. The summed E-state index contributed by atoms with van der Waals surface area (Å²) in [6.07, 6.45) is 2.81. The van der Waals surface area contributed by atoms with E-state index in [0.717, 1.165) is 25.0 Å². The number of halogens is 1. The fourth-order valence-corrected chi connectivity index (χ4v) is 2.22. The maximum atomic E-state index is 13.8. The molecule has 0 atom stereocenters. The van der Waals surface area contributed by atoms with E-state index in [9.17, 15) is 19.1 Å². The molecule has 1 aromatic carbocycles. The fraction of sp³-hybridized carbons (Fsp3) is 0.231. The van der Waals surface area contributed by atoms with Gasteiger partial charge in [-0.1, -0.05) is 0 Å². The Balaban J connectivity index is 2.53. The Labute approximate surface area is 106 Å². The summed E-state index contributed by atoms with van der Waals surface area (Å²) in [6, 6.07) is 2.13. The summed E-state index contributed by atoms with van der Waals surface area (Å²) in [5.74, 6) is -2.45. The third-order valence-electron chi connectivity index (χ3n) is 3.27. The van der Waals surface area contributed by atoms with E-state index in [0.29, 0.717) is 0 Å². The van der Waals surface area contributed by atoms with Crippen LogP contribution in [0.15, 0.2) is 23.1 Å². The van der Waals surface area contributed by atoms with Crippen molar-refractivity contribution >= 4 is 16.9 Å². The average molecular weight is 263 g/mol. The van der Waals surface area contributed by atoms with Crippen LogP contribution >= 0.6 is 0 Å². The van der Waals surface area contributed by atoms with Crippen LogP contribution in [0.1, 0.15) is 29.2 Å². The number of hydrogen-bond donors (Lipinski definition) is 2. The third kappa shape index (κ3) is 1.68. The summed E-state index contributed by atoms with van der Waals surface area (Å²) < 4.78 is 15.3. The van der Waals surface area contributed by atoms with Gasteiger partial charge < -0.3 is 14.8 Å². The molecule has 0 bridgehead atoms. The molecule has 3 rings (SSSR count). The summed E-state index contributed by atoms with van der Waals surface area (Å²) in [5.41, 5.74) is -1.32. The molecule has 6 heteroatoms. The van der Waals surface area contributed by atoms with Crippen molar-refractivity contribution in [1.82, 2.24) is 4.57 Å². The lowest BCUT2D eigenvalue weighted by Gasteiger charge is -2.12. The molecule has 2 aromatic rings. The average Bonchev–Trinajstić information content (AvgIpc) is 3.17. The van der Waals surface area contributed by atoms with Crippen molar-refractivity contribution in [2.45, 2.75) is 18.9 Å². The van der Waals surface area contributed by atoms with Crippen molar-refractivity contribution in [3.8, 4) is 5.75 Å². The van der Waals surface area contributed by atoms with E-state index in [1.807, 2.05) is 0 Å². The first-order valence-electron chi connectivity index (χ1n) is 5.80. The Morgan fingerprint density at radius 2 is 2.05 bits per heavy atom. The molecule has 0 unspecified atom stereocenters. The zero-order valence-electron chi connectivity index (χ0n) is 9.76. The fourth-order valence-electron chi connectivity index (χ4n) is 2.22. The highest BCUT2D eigenvalue weighted by atomic mass is 19.1. The highest BCUT2D eigenvalue weighted by molar-refractivity contribution is 5.94.